The lowest BCUT2D eigenvalue weighted by Gasteiger charge is -2.12. The zero-order chi connectivity index (χ0) is 26.1. The second-order valence-corrected chi connectivity index (χ2v) is 8.98. The number of ether oxygens (including phenoxy) is 1. The average molecular weight is 563 g/mol. The van der Waals surface area contributed by atoms with Crippen molar-refractivity contribution in [1.29, 1.82) is 0 Å². The Morgan fingerprint density at radius 1 is 0.833 bits per heavy atom. The third-order valence-corrected chi connectivity index (χ3v) is 5.90. The van der Waals surface area contributed by atoms with Crippen molar-refractivity contribution >= 4 is 39.1 Å². The third-order valence-electron chi connectivity index (χ3n) is 5.28. The number of carbonyl (C=O) groups excluding carboxylic acids is 2. The maximum atomic E-state index is 12.9. The van der Waals surface area contributed by atoms with Crippen LogP contribution in [0.15, 0.2) is 71.2 Å². The molecule has 2 N–H and O–H groups in total. The second-order valence-electron chi connectivity index (χ2n) is 8.12. The third kappa shape index (κ3) is 7.84. The fourth-order valence-electron chi connectivity index (χ4n) is 3.39. The van der Waals surface area contributed by atoms with Gasteiger partial charge in [0.1, 0.15) is 5.75 Å². The molecule has 0 saturated carbocycles. The molecule has 3 aromatic rings. The van der Waals surface area contributed by atoms with Crippen LogP contribution in [0, 0.1) is 0 Å². The summed E-state index contributed by atoms with van der Waals surface area (Å²) in [7, 11) is 0. The van der Waals surface area contributed by atoms with Crippen molar-refractivity contribution in [1.82, 2.24) is 0 Å². The van der Waals surface area contributed by atoms with Crippen molar-refractivity contribution in [2.24, 2.45) is 0 Å². The van der Waals surface area contributed by atoms with Gasteiger partial charge in [0.25, 0.3) is 11.8 Å². The van der Waals surface area contributed by atoms with E-state index in [4.69, 9.17) is 4.74 Å². The first kappa shape index (κ1) is 27.3. The van der Waals surface area contributed by atoms with Crippen molar-refractivity contribution in [3.05, 3.63) is 87.9 Å². The van der Waals surface area contributed by atoms with Gasteiger partial charge in [-0.3, -0.25) is 9.59 Å². The van der Waals surface area contributed by atoms with Gasteiger partial charge < -0.3 is 15.4 Å². The molecule has 0 aromatic heterocycles. The quantitative estimate of drug-likeness (QED) is 0.246. The lowest BCUT2D eigenvalue weighted by molar-refractivity contribution is -0.137. The summed E-state index contributed by atoms with van der Waals surface area (Å²) in [6.07, 6.45) is -0.140. The molecular formula is C27H26BrF3N2O3. The molecule has 0 atom stereocenters. The number of amides is 2. The number of hydrogen-bond donors (Lipinski definition) is 2. The van der Waals surface area contributed by atoms with E-state index in [9.17, 15) is 22.8 Å². The molecule has 0 heterocycles. The van der Waals surface area contributed by atoms with E-state index in [1.165, 1.54) is 24.3 Å². The molecule has 0 unspecified atom stereocenters. The number of unbranched alkanes of at least 4 members (excludes halogenated alkanes) is 3. The minimum Gasteiger partial charge on any atom is -0.492 e. The SMILES string of the molecule is CCCCCCOc1ccc(C(=O)Nc2cccc(C(=O)Nc3cccc(C(F)(F)F)c3)c2)cc1Br. The van der Waals surface area contributed by atoms with Crippen LogP contribution >= 0.6 is 15.9 Å². The maximum absolute atomic E-state index is 12.9. The molecule has 3 rings (SSSR count). The number of nitrogens with one attached hydrogen (secondary N) is 2. The number of carbonyl (C=O) groups is 2. The van der Waals surface area contributed by atoms with Crippen LogP contribution < -0.4 is 15.4 Å². The second kappa shape index (κ2) is 12.6. The van der Waals surface area contributed by atoms with Crippen LogP contribution in [0.1, 0.15) is 58.9 Å². The van der Waals surface area contributed by atoms with Gasteiger partial charge in [0.2, 0.25) is 0 Å². The Hall–Kier alpha value is -3.33. The highest BCUT2D eigenvalue weighted by Gasteiger charge is 2.30. The number of halogens is 4. The Morgan fingerprint density at radius 3 is 2.11 bits per heavy atom. The van der Waals surface area contributed by atoms with Crippen molar-refractivity contribution in [2.45, 2.75) is 38.8 Å². The van der Waals surface area contributed by atoms with Gasteiger partial charge in [-0.15, -0.1) is 0 Å². The van der Waals surface area contributed by atoms with E-state index in [-0.39, 0.29) is 17.2 Å². The van der Waals surface area contributed by atoms with E-state index in [1.807, 2.05) is 0 Å². The summed E-state index contributed by atoms with van der Waals surface area (Å²) in [6, 6.07) is 15.5. The van der Waals surface area contributed by atoms with Gasteiger partial charge in [0, 0.05) is 22.5 Å². The van der Waals surface area contributed by atoms with E-state index < -0.39 is 17.6 Å². The first-order valence-electron chi connectivity index (χ1n) is 11.5. The molecule has 0 aliphatic heterocycles. The van der Waals surface area contributed by atoms with Crippen molar-refractivity contribution in [3.63, 3.8) is 0 Å². The van der Waals surface area contributed by atoms with Crippen LogP contribution in [0.4, 0.5) is 24.5 Å². The molecule has 0 radical (unpaired) electrons. The van der Waals surface area contributed by atoms with Gasteiger partial charge in [0.15, 0.2) is 0 Å². The smallest absolute Gasteiger partial charge is 0.416 e. The zero-order valence-corrected chi connectivity index (χ0v) is 21.2. The fourth-order valence-corrected chi connectivity index (χ4v) is 3.88. The van der Waals surface area contributed by atoms with Crippen LogP contribution in [0.5, 0.6) is 5.75 Å². The Kier molecular flexibility index (Phi) is 9.52. The highest BCUT2D eigenvalue weighted by molar-refractivity contribution is 9.10. The summed E-state index contributed by atoms with van der Waals surface area (Å²) in [5, 5.41) is 5.18. The number of anilines is 2. The fraction of sp³-hybridized carbons (Fsp3) is 0.259. The van der Waals surface area contributed by atoms with Crippen molar-refractivity contribution < 1.29 is 27.5 Å². The summed E-state index contributed by atoms with van der Waals surface area (Å²) >= 11 is 3.43. The molecule has 2 amide bonds. The summed E-state index contributed by atoms with van der Waals surface area (Å²) < 4.78 is 45.2. The molecule has 9 heteroatoms. The number of benzene rings is 3. The minimum atomic E-state index is -4.51. The van der Waals surface area contributed by atoms with Gasteiger partial charge in [-0.2, -0.15) is 13.2 Å². The molecule has 5 nitrogen and oxygen atoms in total. The lowest BCUT2D eigenvalue weighted by atomic mass is 10.1. The maximum Gasteiger partial charge on any atom is 0.416 e. The lowest BCUT2D eigenvalue weighted by Crippen LogP contribution is -2.15. The van der Waals surface area contributed by atoms with Crippen LogP contribution in [-0.2, 0) is 6.18 Å². The van der Waals surface area contributed by atoms with E-state index in [1.54, 1.807) is 30.3 Å². The van der Waals surface area contributed by atoms with Crippen LogP contribution in [0.2, 0.25) is 0 Å². The van der Waals surface area contributed by atoms with E-state index in [0.717, 1.165) is 37.8 Å². The van der Waals surface area contributed by atoms with Crippen molar-refractivity contribution in [3.8, 4) is 5.75 Å². The number of alkyl halides is 3. The average Bonchev–Trinajstić information content (AvgIpc) is 2.84. The summed E-state index contributed by atoms with van der Waals surface area (Å²) in [6.45, 7) is 2.74. The Bertz CT molecular complexity index is 1210. The first-order valence-corrected chi connectivity index (χ1v) is 12.3. The van der Waals surface area contributed by atoms with Crippen LogP contribution in [0.25, 0.3) is 0 Å². The van der Waals surface area contributed by atoms with Gasteiger partial charge in [-0.05, 0) is 76.9 Å². The Balaban J connectivity index is 1.63. The summed E-state index contributed by atoms with van der Waals surface area (Å²) in [5.74, 6) is -0.342. The molecule has 0 aliphatic carbocycles. The molecule has 0 aliphatic rings. The Morgan fingerprint density at radius 2 is 1.47 bits per heavy atom. The number of rotatable bonds is 10. The predicted molar refractivity (Wildman–Crippen MR) is 138 cm³/mol. The molecule has 190 valence electrons. The normalized spacial score (nSPS) is 11.1. The van der Waals surface area contributed by atoms with Crippen LogP contribution in [-0.4, -0.2) is 18.4 Å². The molecule has 0 saturated heterocycles. The number of hydrogen-bond acceptors (Lipinski definition) is 3. The summed E-state index contributed by atoms with van der Waals surface area (Å²) in [5.41, 5.74) is 0.0866. The molecule has 0 bridgehead atoms. The zero-order valence-electron chi connectivity index (χ0n) is 19.6. The van der Waals surface area contributed by atoms with E-state index in [0.29, 0.717) is 28.1 Å². The topological polar surface area (TPSA) is 67.4 Å². The highest BCUT2D eigenvalue weighted by Crippen LogP contribution is 2.31. The largest absolute Gasteiger partial charge is 0.492 e. The molecule has 0 spiro atoms. The van der Waals surface area contributed by atoms with E-state index in [2.05, 4.69) is 33.5 Å². The van der Waals surface area contributed by atoms with Gasteiger partial charge in [0.05, 0.1) is 16.6 Å². The Labute approximate surface area is 216 Å². The molecule has 0 fully saturated rings. The van der Waals surface area contributed by atoms with Crippen LogP contribution in [0.3, 0.4) is 0 Å². The van der Waals surface area contributed by atoms with Gasteiger partial charge in [-0.1, -0.05) is 38.3 Å². The minimum absolute atomic E-state index is 0.0155. The summed E-state index contributed by atoms with van der Waals surface area (Å²) in [4.78, 5) is 25.3. The predicted octanol–water partition coefficient (Wildman–Crippen LogP) is 7.93. The molecule has 36 heavy (non-hydrogen) atoms. The first-order chi connectivity index (χ1) is 17.2. The monoisotopic (exact) mass is 562 g/mol. The van der Waals surface area contributed by atoms with E-state index >= 15 is 0 Å². The van der Waals surface area contributed by atoms with Crippen molar-refractivity contribution in [2.75, 3.05) is 17.2 Å². The standard InChI is InChI=1S/C27H26BrF3N2O3/c1-2-3-4-5-14-36-24-13-12-19(16-23(24)28)26(35)32-21-10-6-8-18(15-21)25(34)33-22-11-7-9-20(17-22)27(29,30)31/h6-13,15-17H,2-5,14H2,1H3,(H,32,35)(H,33,34). The molecular weight excluding hydrogens is 537 g/mol. The highest BCUT2D eigenvalue weighted by atomic mass is 79.9. The van der Waals surface area contributed by atoms with Gasteiger partial charge in [-0.25, -0.2) is 0 Å². The molecule has 3 aromatic carbocycles. The van der Waals surface area contributed by atoms with Gasteiger partial charge >= 0.3 is 6.18 Å².